The second-order valence-electron chi connectivity index (χ2n) is 5.81. The second kappa shape index (κ2) is 7.98. The molecular weight excluding hydrogens is 298 g/mol. The van der Waals surface area contributed by atoms with Gasteiger partial charge in [0.05, 0.1) is 6.26 Å². The number of furan rings is 1. The van der Waals surface area contributed by atoms with E-state index in [4.69, 9.17) is 16.6 Å². The molecule has 1 aliphatic rings. The minimum absolute atomic E-state index is 0.286. The first kappa shape index (κ1) is 16.5. The number of hydrazine groups is 1. The molecule has 6 heteroatoms. The molecule has 1 saturated carbocycles. The average Bonchev–Trinajstić information content (AvgIpc) is 3.01. The zero-order valence-electron chi connectivity index (χ0n) is 13.0. The van der Waals surface area contributed by atoms with Crippen LogP contribution in [0.4, 0.5) is 0 Å². The van der Waals surface area contributed by atoms with Gasteiger partial charge in [-0.3, -0.25) is 15.6 Å². The van der Waals surface area contributed by atoms with Gasteiger partial charge in [0.1, 0.15) is 5.76 Å². The summed E-state index contributed by atoms with van der Waals surface area (Å²) < 4.78 is 5.11. The van der Waals surface area contributed by atoms with Crippen LogP contribution in [0.3, 0.4) is 0 Å². The standard InChI is InChI=1S/C16H23N3O2S/c1-11-5-3-7-14(12(11)2)17-16(22)19-18-15(20)9-8-13-6-4-10-21-13/h4,6,8-12,14H,3,5,7H2,1-2H3,(H,18,20)(H2,17,19,22)/b9-8+/t11-,12+,14+/m0/s1. The molecule has 3 N–H and O–H groups in total. The molecule has 1 amide bonds. The summed E-state index contributed by atoms with van der Waals surface area (Å²) in [7, 11) is 0. The zero-order chi connectivity index (χ0) is 15.9. The van der Waals surface area contributed by atoms with Crippen molar-refractivity contribution < 1.29 is 9.21 Å². The van der Waals surface area contributed by atoms with Gasteiger partial charge in [0.15, 0.2) is 5.11 Å². The summed E-state index contributed by atoms with van der Waals surface area (Å²) in [6.07, 6.45) is 8.14. The molecule has 0 aromatic carbocycles. The summed E-state index contributed by atoms with van der Waals surface area (Å²) in [5.41, 5.74) is 5.27. The SMILES string of the molecule is C[C@@H]1[C@@H](C)CCC[C@H]1NC(=S)NNC(=O)/C=C/c1ccco1. The molecule has 2 rings (SSSR count). The first-order valence-electron chi connectivity index (χ1n) is 7.64. The monoisotopic (exact) mass is 321 g/mol. The van der Waals surface area contributed by atoms with Crippen LogP contribution >= 0.6 is 12.2 Å². The average molecular weight is 321 g/mol. The molecule has 22 heavy (non-hydrogen) atoms. The Morgan fingerprint density at radius 2 is 2.18 bits per heavy atom. The second-order valence-corrected chi connectivity index (χ2v) is 6.22. The number of rotatable bonds is 3. The van der Waals surface area contributed by atoms with Crippen molar-refractivity contribution in [2.75, 3.05) is 0 Å². The lowest BCUT2D eigenvalue weighted by atomic mass is 9.78. The zero-order valence-corrected chi connectivity index (χ0v) is 13.8. The lowest BCUT2D eigenvalue weighted by molar-refractivity contribution is -0.117. The number of hydrogen-bond acceptors (Lipinski definition) is 3. The Morgan fingerprint density at radius 1 is 1.36 bits per heavy atom. The fraction of sp³-hybridized carbons (Fsp3) is 0.500. The highest BCUT2D eigenvalue weighted by atomic mass is 32.1. The van der Waals surface area contributed by atoms with E-state index >= 15 is 0 Å². The van der Waals surface area contributed by atoms with Gasteiger partial charge >= 0.3 is 0 Å². The van der Waals surface area contributed by atoms with E-state index in [2.05, 4.69) is 30.0 Å². The maximum Gasteiger partial charge on any atom is 0.262 e. The first-order chi connectivity index (χ1) is 10.6. The van der Waals surface area contributed by atoms with E-state index in [0.29, 0.717) is 28.8 Å². The summed E-state index contributed by atoms with van der Waals surface area (Å²) in [6, 6.07) is 3.90. The van der Waals surface area contributed by atoms with Crippen molar-refractivity contribution in [3.8, 4) is 0 Å². The Kier molecular flexibility index (Phi) is 6.00. The lowest BCUT2D eigenvalue weighted by Gasteiger charge is -2.35. The van der Waals surface area contributed by atoms with Crippen LogP contribution in [0.5, 0.6) is 0 Å². The van der Waals surface area contributed by atoms with Gasteiger partial charge in [-0.1, -0.05) is 26.7 Å². The molecule has 1 aromatic heterocycles. The van der Waals surface area contributed by atoms with Crippen molar-refractivity contribution >= 4 is 29.3 Å². The fourth-order valence-electron chi connectivity index (χ4n) is 2.69. The van der Waals surface area contributed by atoms with Gasteiger partial charge in [0.25, 0.3) is 5.91 Å². The van der Waals surface area contributed by atoms with Crippen molar-refractivity contribution in [2.45, 2.75) is 39.2 Å². The third kappa shape index (κ3) is 4.87. The van der Waals surface area contributed by atoms with Crippen molar-refractivity contribution in [3.63, 3.8) is 0 Å². The van der Waals surface area contributed by atoms with Gasteiger partial charge < -0.3 is 9.73 Å². The lowest BCUT2D eigenvalue weighted by Crippen LogP contribution is -2.52. The third-order valence-electron chi connectivity index (χ3n) is 4.26. The van der Waals surface area contributed by atoms with E-state index < -0.39 is 0 Å². The Hall–Kier alpha value is -1.82. The molecule has 1 aromatic rings. The van der Waals surface area contributed by atoms with E-state index in [1.807, 2.05) is 0 Å². The van der Waals surface area contributed by atoms with Crippen molar-refractivity contribution in [2.24, 2.45) is 11.8 Å². The van der Waals surface area contributed by atoms with E-state index in [1.54, 1.807) is 24.5 Å². The number of hydrogen-bond donors (Lipinski definition) is 3. The number of thiocarbonyl (C=S) groups is 1. The molecule has 0 bridgehead atoms. The van der Waals surface area contributed by atoms with Crippen LogP contribution in [0, 0.1) is 11.8 Å². The molecule has 0 spiro atoms. The van der Waals surface area contributed by atoms with Crippen LogP contribution in [-0.4, -0.2) is 17.1 Å². The molecule has 1 aliphatic carbocycles. The minimum atomic E-state index is -0.286. The highest BCUT2D eigenvalue weighted by Crippen LogP contribution is 2.29. The summed E-state index contributed by atoms with van der Waals surface area (Å²) >= 11 is 5.23. The molecule has 3 atom stereocenters. The van der Waals surface area contributed by atoms with Gasteiger partial charge in [0.2, 0.25) is 0 Å². The molecule has 0 radical (unpaired) electrons. The quantitative estimate of drug-likeness (QED) is 0.454. The summed E-state index contributed by atoms with van der Waals surface area (Å²) in [6.45, 7) is 4.52. The van der Waals surface area contributed by atoms with Gasteiger partial charge in [-0.2, -0.15) is 0 Å². The molecule has 0 unspecified atom stereocenters. The van der Waals surface area contributed by atoms with E-state index in [1.165, 1.54) is 18.9 Å². The van der Waals surface area contributed by atoms with Gasteiger partial charge in [-0.05, 0) is 48.7 Å². The number of carbonyl (C=O) groups excluding carboxylic acids is 1. The molecule has 1 fully saturated rings. The highest BCUT2D eigenvalue weighted by Gasteiger charge is 2.27. The summed E-state index contributed by atoms with van der Waals surface area (Å²) in [5, 5.41) is 3.74. The Labute approximate surface area is 136 Å². The minimum Gasteiger partial charge on any atom is -0.465 e. The van der Waals surface area contributed by atoms with Crippen molar-refractivity contribution in [1.82, 2.24) is 16.2 Å². The largest absolute Gasteiger partial charge is 0.465 e. The maximum absolute atomic E-state index is 11.7. The van der Waals surface area contributed by atoms with Crippen LogP contribution in [0.25, 0.3) is 6.08 Å². The number of amides is 1. The summed E-state index contributed by atoms with van der Waals surface area (Å²) in [5.74, 6) is 1.61. The van der Waals surface area contributed by atoms with E-state index in [0.717, 1.165) is 6.42 Å². The number of carbonyl (C=O) groups is 1. The molecule has 1 heterocycles. The highest BCUT2D eigenvalue weighted by molar-refractivity contribution is 7.80. The Balaban J connectivity index is 1.72. The van der Waals surface area contributed by atoms with Gasteiger partial charge in [-0.15, -0.1) is 0 Å². The van der Waals surface area contributed by atoms with Crippen LogP contribution < -0.4 is 16.2 Å². The van der Waals surface area contributed by atoms with Crippen molar-refractivity contribution in [3.05, 3.63) is 30.2 Å². The fourth-order valence-corrected chi connectivity index (χ4v) is 2.90. The maximum atomic E-state index is 11.7. The molecule has 120 valence electrons. The third-order valence-corrected chi connectivity index (χ3v) is 4.48. The van der Waals surface area contributed by atoms with Gasteiger partial charge in [-0.25, -0.2) is 0 Å². The van der Waals surface area contributed by atoms with Crippen LogP contribution in [0.1, 0.15) is 38.9 Å². The predicted octanol–water partition coefficient (Wildman–Crippen LogP) is 2.61. The Bertz CT molecular complexity index is 528. The first-order valence-corrected chi connectivity index (χ1v) is 8.05. The van der Waals surface area contributed by atoms with Crippen LogP contribution in [0.2, 0.25) is 0 Å². The molecule has 5 nitrogen and oxygen atoms in total. The summed E-state index contributed by atoms with van der Waals surface area (Å²) in [4.78, 5) is 11.7. The Morgan fingerprint density at radius 3 is 2.91 bits per heavy atom. The van der Waals surface area contributed by atoms with Crippen LogP contribution in [-0.2, 0) is 4.79 Å². The molecule has 0 aliphatic heterocycles. The van der Waals surface area contributed by atoms with E-state index in [9.17, 15) is 4.79 Å². The topological polar surface area (TPSA) is 66.3 Å². The van der Waals surface area contributed by atoms with Gasteiger partial charge in [0, 0.05) is 12.1 Å². The normalized spacial score (nSPS) is 24.9. The predicted molar refractivity (Wildman–Crippen MR) is 90.7 cm³/mol. The van der Waals surface area contributed by atoms with Crippen molar-refractivity contribution in [1.29, 1.82) is 0 Å². The molecule has 0 saturated heterocycles. The number of nitrogens with one attached hydrogen (secondary N) is 3. The molecular formula is C16H23N3O2S. The smallest absolute Gasteiger partial charge is 0.262 e. The van der Waals surface area contributed by atoms with Crippen LogP contribution in [0.15, 0.2) is 28.9 Å². The van der Waals surface area contributed by atoms with E-state index in [-0.39, 0.29) is 5.91 Å².